The Hall–Kier alpha value is -7.32. The highest BCUT2D eigenvalue weighted by Crippen LogP contribution is 2.45. The minimum atomic E-state index is -3.59. The maximum absolute atomic E-state index is 3.59. The van der Waals surface area contributed by atoms with Crippen LogP contribution in [0.5, 0.6) is 0 Å². The smallest absolute Gasteiger partial charge is 0.0636 e. The SMILES string of the molecule is CC1=C(C)C(C)C([Si](c2cc(-c3ccc(C(C)(C)C)cc3)cc(-c3ccc(C(C)(C)C)cc3)c2)(c2cc(-c3ccc(C(C)(C)C)cc3)cc(-c3ccc(C(C)(C)C)cc3)c2)c2cc(-c3ccc(C(C)(C)C)cc3)cc(-c3ccc(C(C)(C)C)cc3)c2)=C1C. The van der Waals surface area contributed by atoms with E-state index in [0.29, 0.717) is 0 Å². The molecule has 1 aliphatic rings. The fourth-order valence-corrected chi connectivity index (χ4v) is 19.2. The van der Waals surface area contributed by atoms with Crippen molar-refractivity contribution < 1.29 is 0 Å². The van der Waals surface area contributed by atoms with Gasteiger partial charge in [-0.05, 0) is 199 Å². The maximum Gasteiger partial charge on any atom is 0.176 e. The van der Waals surface area contributed by atoms with Crippen LogP contribution in [0.2, 0.25) is 0 Å². The second-order valence-electron chi connectivity index (χ2n) is 32.2. The van der Waals surface area contributed by atoms with Crippen LogP contribution in [0.25, 0.3) is 66.8 Å². The average molecular weight is 1170 g/mol. The number of allylic oxidation sites excluding steroid dienone is 4. The highest BCUT2D eigenvalue weighted by Gasteiger charge is 2.49. The van der Waals surface area contributed by atoms with Gasteiger partial charge in [-0.2, -0.15) is 0 Å². The van der Waals surface area contributed by atoms with Gasteiger partial charge in [-0.15, -0.1) is 0 Å². The maximum atomic E-state index is 2.65. The molecule has 1 atom stereocenters. The first-order chi connectivity index (χ1) is 41.0. The Kier molecular flexibility index (Phi) is 16.8. The van der Waals surface area contributed by atoms with Crippen molar-refractivity contribution in [1.29, 1.82) is 0 Å². The van der Waals surface area contributed by atoms with Crippen molar-refractivity contribution in [2.75, 3.05) is 0 Å². The molecule has 0 saturated heterocycles. The van der Waals surface area contributed by atoms with Crippen LogP contribution in [0.4, 0.5) is 0 Å². The second kappa shape index (κ2) is 23.2. The van der Waals surface area contributed by atoms with E-state index in [-0.39, 0.29) is 38.4 Å². The van der Waals surface area contributed by atoms with Crippen molar-refractivity contribution in [2.45, 2.75) is 185 Å². The summed E-state index contributed by atoms with van der Waals surface area (Å²) in [5.74, 6) is 0.157. The van der Waals surface area contributed by atoms with Crippen LogP contribution < -0.4 is 15.6 Å². The Morgan fingerprint density at radius 1 is 0.227 bits per heavy atom. The number of rotatable bonds is 10. The Labute approximate surface area is 533 Å². The van der Waals surface area contributed by atoms with E-state index in [1.165, 1.54) is 132 Å². The van der Waals surface area contributed by atoms with E-state index in [2.05, 4.69) is 353 Å². The summed E-state index contributed by atoms with van der Waals surface area (Å²) >= 11 is 0. The van der Waals surface area contributed by atoms with Crippen LogP contribution in [0, 0.1) is 5.92 Å². The molecule has 10 rings (SSSR count). The van der Waals surface area contributed by atoms with Gasteiger partial charge < -0.3 is 0 Å². The summed E-state index contributed by atoms with van der Waals surface area (Å²) in [6, 6.07) is 80.3. The van der Waals surface area contributed by atoms with Gasteiger partial charge in [-0.25, -0.2) is 0 Å². The fourth-order valence-electron chi connectivity index (χ4n) is 13.4. The van der Waals surface area contributed by atoms with Gasteiger partial charge in [0.15, 0.2) is 8.07 Å². The van der Waals surface area contributed by atoms with E-state index in [1.807, 2.05) is 0 Å². The number of benzene rings is 9. The third-order valence-corrected chi connectivity index (χ3v) is 24.7. The van der Waals surface area contributed by atoms with Crippen molar-refractivity contribution in [3.05, 3.63) is 255 Å². The summed E-state index contributed by atoms with van der Waals surface area (Å²) in [5, 5.41) is 5.70. The largest absolute Gasteiger partial charge is 0.176 e. The summed E-state index contributed by atoms with van der Waals surface area (Å²) in [5.41, 5.74) is 27.1. The highest BCUT2D eigenvalue weighted by atomic mass is 28.3. The quantitative estimate of drug-likeness (QED) is 0.0946. The normalized spacial score (nSPS) is 14.7. The van der Waals surface area contributed by atoms with Crippen LogP contribution in [-0.2, 0) is 32.5 Å². The van der Waals surface area contributed by atoms with Crippen molar-refractivity contribution in [3.63, 3.8) is 0 Å². The zero-order chi connectivity index (χ0) is 63.8. The lowest BCUT2D eigenvalue weighted by Crippen LogP contribution is -2.69. The molecule has 0 aromatic heterocycles. The van der Waals surface area contributed by atoms with Gasteiger partial charge in [-0.1, -0.05) is 330 Å². The van der Waals surface area contributed by atoms with Crippen molar-refractivity contribution in [2.24, 2.45) is 5.92 Å². The zero-order valence-corrected chi connectivity index (χ0v) is 58.6. The highest BCUT2D eigenvalue weighted by molar-refractivity contribution is 7.16. The van der Waals surface area contributed by atoms with Gasteiger partial charge in [0.05, 0.1) is 0 Å². The molecule has 1 heteroatoms. The molecule has 452 valence electrons. The third kappa shape index (κ3) is 12.8. The molecule has 0 heterocycles. The Balaban J connectivity index is 1.43. The Morgan fingerprint density at radius 2 is 0.398 bits per heavy atom. The molecule has 0 amide bonds. The lowest BCUT2D eigenvalue weighted by Gasteiger charge is -2.40. The molecular formula is C87H100Si. The van der Waals surface area contributed by atoms with Gasteiger partial charge in [0.25, 0.3) is 0 Å². The molecule has 1 unspecified atom stereocenters. The van der Waals surface area contributed by atoms with Crippen LogP contribution >= 0.6 is 0 Å². The number of hydrogen-bond acceptors (Lipinski definition) is 0. The molecule has 0 saturated carbocycles. The molecule has 0 fully saturated rings. The monoisotopic (exact) mass is 1170 g/mol. The van der Waals surface area contributed by atoms with Crippen LogP contribution in [0.3, 0.4) is 0 Å². The zero-order valence-electron chi connectivity index (χ0n) is 57.6. The summed E-state index contributed by atoms with van der Waals surface area (Å²) in [4.78, 5) is 0. The minimum Gasteiger partial charge on any atom is -0.0636 e. The first-order valence-corrected chi connectivity index (χ1v) is 34.5. The van der Waals surface area contributed by atoms with E-state index >= 15 is 0 Å². The molecule has 0 spiro atoms. The van der Waals surface area contributed by atoms with Gasteiger partial charge in [0.1, 0.15) is 0 Å². The van der Waals surface area contributed by atoms with Crippen molar-refractivity contribution in [3.8, 4) is 66.8 Å². The molecule has 0 N–H and O–H groups in total. The molecule has 1 aliphatic carbocycles. The van der Waals surface area contributed by atoms with Crippen LogP contribution in [0.1, 0.15) is 186 Å². The Bertz CT molecular complexity index is 3460. The van der Waals surface area contributed by atoms with E-state index < -0.39 is 8.07 Å². The molecule has 0 radical (unpaired) electrons. The fraction of sp³-hybridized carbons (Fsp3) is 0.333. The summed E-state index contributed by atoms with van der Waals surface area (Å²) in [6.07, 6.45) is 0. The molecular weight excluding hydrogens is 1070 g/mol. The lowest BCUT2D eigenvalue weighted by molar-refractivity contribution is 0.590. The molecule has 88 heavy (non-hydrogen) atoms. The number of hydrogen-bond donors (Lipinski definition) is 0. The molecule has 0 nitrogen and oxygen atoms in total. The summed E-state index contributed by atoms with van der Waals surface area (Å²) in [6.45, 7) is 51.5. The van der Waals surface area contributed by atoms with Gasteiger partial charge in [0.2, 0.25) is 0 Å². The first-order valence-electron chi connectivity index (χ1n) is 32.5. The predicted octanol–water partition coefficient (Wildman–Crippen LogP) is 22.8. The standard InChI is InChI=1S/C87H100Si/c1-56-57(2)59(4)81(58(56)3)88(78-50-66(60-23-35-72(36-24-60)82(5,6)7)47-67(51-78)61-25-37-73(38-26-61)83(8,9)10,79-52-68(62-27-39-74(40-28-62)84(11,12)13)48-69(53-79)63-29-41-75(42-30-63)85(14,15)16)80-54-70(64-31-43-76(44-32-64)86(17,18)19)49-71(55-80)65-33-45-77(46-34-65)87(20,21)22/h23-55,58H,1-22H3. The van der Waals surface area contributed by atoms with Crippen LogP contribution in [-0.4, -0.2) is 8.07 Å². The minimum absolute atomic E-state index is 0.0133. The van der Waals surface area contributed by atoms with E-state index in [9.17, 15) is 0 Å². The van der Waals surface area contributed by atoms with Gasteiger partial charge >= 0.3 is 0 Å². The topological polar surface area (TPSA) is 0 Å². The summed E-state index contributed by atoms with van der Waals surface area (Å²) < 4.78 is 0. The van der Waals surface area contributed by atoms with Crippen LogP contribution in [0.15, 0.2) is 222 Å². The van der Waals surface area contributed by atoms with Gasteiger partial charge in [-0.3, -0.25) is 0 Å². The molecule has 0 bridgehead atoms. The Morgan fingerprint density at radius 3 is 0.534 bits per heavy atom. The van der Waals surface area contributed by atoms with E-state index in [4.69, 9.17) is 0 Å². The van der Waals surface area contributed by atoms with E-state index in [1.54, 1.807) is 5.20 Å². The molecule has 0 aliphatic heterocycles. The van der Waals surface area contributed by atoms with Crippen molar-refractivity contribution in [1.82, 2.24) is 0 Å². The second-order valence-corrected chi connectivity index (χ2v) is 36.0. The van der Waals surface area contributed by atoms with E-state index in [0.717, 1.165) is 0 Å². The third-order valence-electron chi connectivity index (χ3n) is 19.6. The average Bonchev–Trinajstić information content (AvgIpc) is 1.26. The first kappa shape index (κ1) is 63.7. The lowest BCUT2D eigenvalue weighted by atomic mass is 9.85. The van der Waals surface area contributed by atoms with Crippen molar-refractivity contribution >= 4 is 23.6 Å². The molecule has 9 aromatic carbocycles. The predicted molar refractivity (Wildman–Crippen MR) is 389 cm³/mol. The summed E-state index contributed by atoms with van der Waals surface area (Å²) in [7, 11) is -3.59. The molecule has 9 aromatic rings. The van der Waals surface area contributed by atoms with Gasteiger partial charge in [0, 0.05) is 0 Å².